The number of halogens is 1. The van der Waals surface area contributed by atoms with Gasteiger partial charge < -0.3 is 16.0 Å². The normalized spacial score (nSPS) is 20.5. The number of aromatic nitrogens is 1. The monoisotopic (exact) mass is 398 g/mol. The van der Waals surface area contributed by atoms with Crippen LogP contribution in [0.5, 0.6) is 0 Å². The van der Waals surface area contributed by atoms with Gasteiger partial charge in [0.1, 0.15) is 5.84 Å². The average molecular weight is 399 g/mol. The van der Waals surface area contributed by atoms with E-state index in [0.29, 0.717) is 5.02 Å². The highest BCUT2D eigenvalue weighted by molar-refractivity contribution is 6.31. The molecule has 0 bridgehead atoms. The van der Waals surface area contributed by atoms with Crippen molar-refractivity contribution in [3.8, 4) is 0 Å². The van der Waals surface area contributed by atoms with E-state index in [2.05, 4.69) is 25.9 Å². The van der Waals surface area contributed by atoms with Gasteiger partial charge in [0.2, 0.25) is 0 Å². The maximum absolute atomic E-state index is 6.06. The Hall–Kier alpha value is -2.60. The van der Waals surface area contributed by atoms with Gasteiger partial charge in [0.05, 0.1) is 11.9 Å². The highest BCUT2D eigenvalue weighted by Crippen LogP contribution is 2.24. The molecule has 148 valence electrons. The van der Waals surface area contributed by atoms with Gasteiger partial charge in [-0.3, -0.25) is 9.98 Å². The highest BCUT2D eigenvalue weighted by atomic mass is 35.5. The van der Waals surface area contributed by atoms with Gasteiger partial charge in [-0.25, -0.2) is 4.99 Å². The summed E-state index contributed by atoms with van der Waals surface area (Å²) in [6, 6.07) is 7.74. The first-order valence-electron chi connectivity index (χ1n) is 9.73. The van der Waals surface area contributed by atoms with Crippen molar-refractivity contribution in [2.24, 2.45) is 9.98 Å². The molecular weight excluding hydrogens is 372 g/mol. The number of hydrogen-bond acceptors (Lipinski definition) is 6. The van der Waals surface area contributed by atoms with Gasteiger partial charge in [-0.1, -0.05) is 11.6 Å². The minimum Gasteiger partial charge on any atom is -0.383 e. The maximum Gasteiger partial charge on any atom is 0.122 e. The Morgan fingerprint density at radius 3 is 2.93 bits per heavy atom. The van der Waals surface area contributed by atoms with Crippen LogP contribution in [0.4, 0.5) is 5.69 Å². The Morgan fingerprint density at radius 1 is 1.11 bits per heavy atom. The van der Waals surface area contributed by atoms with Crippen LogP contribution >= 0.6 is 11.6 Å². The van der Waals surface area contributed by atoms with E-state index in [9.17, 15) is 0 Å². The Kier molecular flexibility index (Phi) is 7.67. The molecule has 3 rings (SSSR count). The van der Waals surface area contributed by atoms with Crippen molar-refractivity contribution in [2.45, 2.75) is 26.2 Å². The van der Waals surface area contributed by atoms with E-state index >= 15 is 0 Å². The van der Waals surface area contributed by atoms with Crippen molar-refractivity contribution in [2.75, 3.05) is 31.5 Å². The highest BCUT2D eigenvalue weighted by Gasteiger charge is 2.03. The third-order valence-electron chi connectivity index (χ3n) is 4.42. The number of rotatable bonds is 4. The smallest absolute Gasteiger partial charge is 0.122 e. The molecule has 0 amide bonds. The van der Waals surface area contributed by atoms with Gasteiger partial charge in [0, 0.05) is 60.2 Å². The molecule has 0 saturated carbocycles. The molecule has 0 radical (unpaired) electrons. The predicted molar refractivity (Wildman–Crippen MR) is 120 cm³/mol. The van der Waals surface area contributed by atoms with Crippen LogP contribution in [0.15, 0.2) is 52.2 Å². The summed E-state index contributed by atoms with van der Waals surface area (Å²) in [5.41, 5.74) is 2.86. The molecule has 1 aliphatic rings. The first kappa shape index (κ1) is 20.1. The van der Waals surface area contributed by atoms with Crippen LogP contribution in [-0.4, -0.2) is 43.3 Å². The molecule has 1 aromatic heterocycles. The second-order valence-electron chi connectivity index (χ2n) is 6.70. The molecule has 1 aliphatic heterocycles. The summed E-state index contributed by atoms with van der Waals surface area (Å²) in [7, 11) is 0. The van der Waals surface area contributed by atoms with Crippen LogP contribution in [0, 0.1) is 0 Å². The van der Waals surface area contributed by atoms with Crippen LogP contribution in [-0.2, 0) is 0 Å². The molecule has 0 aliphatic carbocycles. The van der Waals surface area contributed by atoms with E-state index in [1.54, 1.807) is 12.5 Å². The number of pyridine rings is 1. The predicted octanol–water partition coefficient (Wildman–Crippen LogP) is 3.99. The number of amidine groups is 1. The molecule has 0 spiro atoms. The van der Waals surface area contributed by atoms with Crippen LogP contribution < -0.4 is 16.0 Å². The zero-order valence-electron chi connectivity index (χ0n) is 16.2. The van der Waals surface area contributed by atoms with Gasteiger partial charge in [-0.05, 0) is 50.5 Å². The van der Waals surface area contributed by atoms with Gasteiger partial charge in [0.15, 0.2) is 0 Å². The Balaban J connectivity index is 1.58. The average Bonchev–Trinajstić information content (AvgIpc) is 2.68. The van der Waals surface area contributed by atoms with Crippen molar-refractivity contribution in [1.29, 1.82) is 0 Å². The van der Waals surface area contributed by atoms with Gasteiger partial charge in [-0.15, -0.1) is 0 Å². The Labute approximate surface area is 171 Å². The molecule has 0 saturated heterocycles. The van der Waals surface area contributed by atoms with Gasteiger partial charge in [-0.2, -0.15) is 0 Å². The van der Waals surface area contributed by atoms with Crippen molar-refractivity contribution in [1.82, 2.24) is 15.6 Å². The lowest BCUT2D eigenvalue weighted by Crippen LogP contribution is -2.28. The largest absolute Gasteiger partial charge is 0.383 e. The number of fused-ring (bicyclic) bond motifs is 1. The third-order valence-corrected chi connectivity index (χ3v) is 4.65. The quantitative estimate of drug-likeness (QED) is 0.680. The zero-order valence-corrected chi connectivity index (χ0v) is 17.0. The van der Waals surface area contributed by atoms with Crippen molar-refractivity contribution in [3.05, 3.63) is 47.3 Å². The Bertz CT molecular complexity index is 874. The van der Waals surface area contributed by atoms with E-state index in [-0.39, 0.29) is 0 Å². The third kappa shape index (κ3) is 6.23. The van der Waals surface area contributed by atoms with Crippen molar-refractivity contribution >= 4 is 40.4 Å². The minimum absolute atomic E-state index is 0.694. The number of nitrogens with one attached hydrogen (secondary N) is 3. The molecule has 3 N–H and O–H groups in total. The lowest BCUT2D eigenvalue weighted by Gasteiger charge is -2.12. The summed E-state index contributed by atoms with van der Waals surface area (Å²) in [5.74, 6) is 0.878. The van der Waals surface area contributed by atoms with E-state index in [4.69, 9.17) is 16.6 Å². The molecule has 2 heterocycles. The summed E-state index contributed by atoms with van der Waals surface area (Å²) in [5, 5.41) is 11.9. The molecular formula is C21H27ClN6. The van der Waals surface area contributed by atoms with Crippen molar-refractivity contribution < 1.29 is 0 Å². The molecule has 0 atom stereocenters. The van der Waals surface area contributed by atoms with Crippen LogP contribution in [0.3, 0.4) is 0 Å². The first-order chi connectivity index (χ1) is 13.7. The second-order valence-corrected chi connectivity index (χ2v) is 7.14. The Morgan fingerprint density at radius 2 is 2.00 bits per heavy atom. The lowest BCUT2D eigenvalue weighted by molar-refractivity contribution is 0.672. The maximum atomic E-state index is 6.06. The summed E-state index contributed by atoms with van der Waals surface area (Å²) >= 11 is 6.06. The molecule has 6 nitrogen and oxygen atoms in total. The van der Waals surface area contributed by atoms with Crippen LogP contribution in [0.25, 0.3) is 10.9 Å². The standard InChI is InChI=1S/C21H27ClN6/c1-16-13-21(26-9-4-2-3-8-23-15-28-16)27-12-11-25-19-7-10-24-20-14-17(22)5-6-18(19)20/h5-7,10,13-15H,2-4,8-9,11-12H2,1H3,(H,23,28)(H,24,25)(H,26,27)/b16-13-. The molecule has 0 unspecified atom stereocenters. The number of hydrogen-bond donors (Lipinski definition) is 3. The van der Waals surface area contributed by atoms with E-state index in [1.165, 1.54) is 6.42 Å². The van der Waals surface area contributed by atoms with Crippen molar-refractivity contribution in [3.63, 3.8) is 0 Å². The van der Waals surface area contributed by atoms with E-state index < -0.39 is 0 Å². The lowest BCUT2D eigenvalue weighted by atomic mass is 10.2. The number of nitrogens with zero attached hydrogens (tertiary/aromatic N) is 3. The molecule has 7 heteroatoms. The SMILES string of the molecule is CC1=C/C(NCCNc2ccnc3cc(Cl)ccc23)=N\CCCCCN\C=N\1. The van der Waals surface area contributed by atoms with Gasteiger partial charge in [0.25, 0.3) is 0 Å². The first-order valence-corrected chi connectivity index (χ1v) is 10.1. The van der Waals surface area contributed by atoms with E-state index in [1.807, 2.05) is 37.3 Å². The fourth-order valence-electron chi connectivity index (χ4n) is 2.98. The molecule has 0 fully saturated rings. The summed E-state index contributed by atoms with van der Waals surface area (Å²) in [4.78, 5) is 13.5. The zero-order chi connectivity index (χ0) is 19.6. The number of benzene rings is 1. The molecule has 28 heavy (non-hydrogen) atoms. The summed E-state index contributed by atoms with van der Waals surface area (Å²) in [6.45, 7) is 5.29. The number of aliphatic imine (C=N–C) groups is 2. The summed E-state index contributed by atoms with van der Waals surface area (Å²) < 4.78 is 0. The number of anilines is 1. The minimum atomic E-state index is 0.694. The fourth-order valence-corrected chi connectivity index (χ4v) is 3.14. The fraction of sp³-hybridized carbons (Fsp3) is 0.381. The molecule has 2 aromatic rings. The summed E-state index contributed by atoms with van der Waals surface area (Å²) in [6.07, 6.45) is 8.96. The topological polar surface area (TPSA) is 73.7 Å². The van der Waals surface area contributed by atoms with Crippen LogP contribution in [0.1, 0.15) is 26.2 Å². The van der Waals surface area contributed by atoms with E-state index in [0.717, 1.165) is 67.1 Å². The van der Waals surface area contributed by atoms with Gasteiger partial charge >= 0.3 is 0 Å². The second kappa shape index (κ2) is 10.7. The van der Waals surface area contributed by atoms with Crippen LogP contribution in [0.2, 0.25) is 5.02 Å². The number of allylic oxidation sites excluding steroid dienone is 1. The molecule has 1 aromatic carbocycles.